The molecule has 2 fully saturated rings. The minimum absolute atomic E-state index is 0.110. The van der Waals surface area contributed by atoms with Crippen LogP contribution in [0.1, 0.15) is 35.3 Å². The van der Waals surface area contributed by atoms with Crippen molar-refractivity contribution in [2.75, 3.05) is 13.1 Å². The number of rotatable bonds is 2. The van der Waals surface area contributed by atoms with Crippen molar-refractivity contribution < 1.29 is 4.79 Å². The van der Waals surface area contributed by atoms with E-state index in [1.807, 2.05) is 46.8 Å². The first-order valence-corrected chi connectivity index (χ1v) is 8.38. The molecule has 5 heteroatoms. The van der Waals surface area contributed by atoms with Crippen LogP contribution in [0.3, 0.4) is 0 Å². The number of nitrogens with zero attached hydrogens (tertiary/aromatic N) is 3. The Balaban J connectivity index is 1.58. The van der Waals surface area contributed by atoms with E-state index in [-0.39, 0.29) is 5.91 Å². The molecule has 5 nitrogen and oxygen atoms in total. The molecule has 23 heavy (non-hydrogen) atoms. The first kappa shape index (κ1) is 14.5. The molecular weight excluding hydrogens is 288 g/mol. The lowest BCUT2D eigenvalue weighted by atomic mass is 10.1. The maximum Gasteiger partial charge on any atom is 0.257 e. The van der Waals surface area contributed by atoms with Gasteiger partial charge in [0.1, 0.15) is 0 Å². The normalized spacial score (nSPS) is 23.8. The van der Waals surface area contributed by atoms with Crippen LogP contribution >= 0.6 is 0 Å². The van der Waals surface area contributed by atoms with Gasteiger partial charge in [-0.1, -0.05) is 18.2 Å². The first-order valence-electron chi connectivity index (χ1n) is 8.38. The summed E-state index contributed by atoms with van der Waals surface area (Å²) in [6.45, 7) is 3.61. The van der Waals surface area contributed by atoms with Gasteiger partial charge >= 0.3 is 0 Å². The molecule has 2 atom stereocenters. The van der Waals surface area contributed by atoms with E-state index >= 15 is 0 Å². The molecule has 1 aromatic carbocycles. The number of aromatic nitrogens is 2. The fourth-order valence-corrected chi connectivity index (χ4v) is 3.75. The van der Waals surface area contributed by atoms with Gasteiger partial charge in [-0.25, -0.2) is 4.68 Å². The van der Waals surface area contributed by atoms with Crippen LogP contribution < -0.4 is 5.32 Å². The Labute approximate surface area is 136 Å². The second-order valence-corrected chi connectivity index (χ2v) is 6.57. The van der Waals surface area contributed by atoms with Crippen LogP contribution in [-0.2, 0) is 0 Å². The van der Waals surface area contributed by atoms with Gasteiger partial charge in [-0.3, -0.25) is 4.79 Å². The van der Waals surface area contributed by atoms with Crippen molar-refractivity contribution in [3.63, 3.8) is 0 Å². The smallest absolute Gasteiger partial charge is 0.257 e. The molecule has 2 aromatic rings. The van der Waals surface area contributed by atoms with Crippen molar-refractivity contribution in [3.05, 3.63) is 47.8 Å². The lowest BCUT2D eigenvalue weighted by molar-refractivity contribution is 0.0747. The molecule has 1 aromatic heterocycles. The first-order chi connectivity index (χ1) is 11.2. The Hall–Kier alpha value is -2.14. The third-order valence-corrected chi connectivity index (χ3v) is 5.05. The van der Waals surface area contributed by atoms with E-state index in [0.717, 1.165) is 30.9 Å². The standard InChI is InChI=1S/C18H22N4O/c1-13-17(11-19-22(13)16-5-3-2-4-6-16)18(23)21-10-9-14-7-8-15(12-21)20-14/h2-6,11,14-15,20H,7-10,12H2,1H3. The summed E-state index contributed by atoms with van der Waals surface area (Å²) >= 11 is 0. The quantitative estimate of drug-likeness (QED) is 0.924. The number of nitrogens with one attached hydrogen (secondary N) is 1. The van der Waals surface area contributed by atoms with Crippen molar-refractivity contribution in [1.29, 1.82) is 0 Å². The Morgan fingerprint density at radius 1 is 1.17 bits per heavy atom. The molecule has 120 valence electrons. The number of amides is 1. The number of benzene rings is 1. The van der Waals surface area contributed by atoms with Gasteiger partial charge in [0.15, 0.2) is 0 Å². The van der Waals surface area contributed by atoms with Gasteiger partial charge in [-0.15, -0.1) is 0 Å². The van der Waals surface area contributed by atoms with Crippen molar-refractivity contribution in [2.24, 2.45) is 0 Å². The molecule has 3 heterocycles. The van der Waals surface area contributed by atoms with Gasteiger partial charge in [0.2, 0.25) is 0 Å². The summed E-state index contributed by atoms with van der Waals surface area (Å²) in [5, 5.41) is 8.05. The second kappa shape index (κ2) is 5.81. The van der Waals surface area contributed by atoms with Crippen LogP contribution in [0.25, 0.3) is 5.69 Å². The molecule has 2 bridgehead atoms. The van der Waals surface area contributed by atoms with E-state index in [1.165, 1.54) is 12.8 Å². The number of hydrogen-bond acceptors (Lipinski definition) is 3. The number of likely N-dealkylation sites (tertiary alicyclic amines) is 1. The molecule has 0 saturated carbocycles. The zero-order valence-corrected chi connectivity index (χ0v) is 13.4. The van der Waals surface area contributed by atoms with Crippen LogP contribution in [0.2, 0.25) is 0 Å². The highest BCUT2D eigenvalue weighted by atomic mass is 16.2. The monoisotopic (exact) mass is 310 g/mol. The van der Waals surface area contributed by atoms with Crippen molar-refractivity contribution in [2.45, 2.75) is 38.3 Å². The summed E-state index contributed by atoms with van der Waals surface area (Å²) < 4.78 is 1.84. The molecule has 1 N–H and O–H groups in total. The summed E-state index contributed by atoms with van der Waals surface area (Å²) in [5.74, 6) is 0.110. The molecule has 1 amide bonds. The molecule has 0 spiro atoms. The van der Waals surface area contributed by atoms with E-state index in [1.54, 1.807) is 6.20 Å². The molecule has 4 rings (SSSR count). The summed E-state index contributed by atoms with van der Waals surface area (Å²) in [5.41, 5.74) is 2.61. The number of fused-ring (bicyclic) bond motifs is 2. The molecule has 0 radical (unpaired) electrons. The van der Waals surface area contributed by atoms with Crippen molar-refractivity contribution in [3.8, 4) is 5.69 Å². The molecule has 2 aliphatic heterocycles. The van der Waals surface area contributed by atoms with Gasteiger partial charge < -0.3 is 10.2 Å². The van der Waals surface area contributed by atoms with Gasteiger partial charge in [0.25, 0.3) is 5.91 Å². The fourth-order valence-electron chi connectivity index (χ4n) is 3.75. The highest BCUT2D eigenvalue weighted by Gasteiger charge is 2.32. The van der Waals surface area contributed by atoms with Crippen LogP contribution in [0.4, 0.5) is 0 Å². The Kier molecular flexibility index (Phi) is 3.65. The Bertz CT molecular complexity index is 709. The zero-order valence-electron chi connectivity index (χ0n) is 13.4. The predicted molar refractivity (Wildman–Crippen MR) is 88.8 cm³/mol. The summed E-state index contributed by atoms with van der Waals surface area (Å²) in [6.07, 6.45) is 5.18. The zero-order chi connectivity index (χ0) is 15.8. The van der Waals surface area contributed by atoms with E-state index in [9.17, 15) is 4.79 Å². The van der Waals surface area contributed by atoms with E-state index in [4.69, 9.17) is 0 Å². The number of carbonyl (C=O) groups excluding carboxylic acids is 1. The van der Waals surface area contributed by atoms with Gasteiger partial charge in [-0.05, 0) is 38.3 Å². The van der Waals surface area contributed by atoms with Crippen LogP contribution in [0, 0.1) is 6.92 Å². The molecule has 2 saturated heterocycles. The Morgan fingerprint density at radius 2 is 1.96 bits per heavy atom. The molecule has 0 aliphatic carbocycles. The van der Waals surface area contributed by atoms with Crippen LogP contribution in [0.15, 0.2) is 36.5 Å². The Morgan fingerprint density at radius 3 is 2.78 bits per heavy atom. The molecule has 2 aliphatic rings. The van der Waals surface area contributed by atoms with E-state index in [0.29, 0.717) is 17.6 Å². The maximum atomic E-state index is 12.9. The third kappa shape index (κ3) is 2.65. The topological polar surface area (TPSA) is 50.2 Å². The lowest BCUT2D eigenvalue weighted by Crippen LogP contribution is -2.39. The largest absolute Gasteiger partial charge is 0.337 e. The average molecular weight is 310 g/mol. The average Bonchev–Trinajstić information content (AvgIpc) is 3.10. The SMILES string of the molecule is Cc1c(C(=O)N2CCC3CCC(C2)N3)cnn1-c1ccccc1. The van der Waals surface area contributed by atoms with Crippen LogP contribution in [-0.4, -0.2) is 45.8 Å². The minimum Gasteiger partial charge on any atom is -0.337 e. The predicted octanol–water partition coefficient (Wildman–Crippen LogP) is 2.15. The van der Waals surface area contributed by atoms with Crippen molar-refractivity contribution >= 4 is 5.91 Å². The number of para-hydroxylation sites is 1. The highest BCUT2D eigenvalue weighted by molar-refractivity contribution is 5.95. The van der Waals surface area contributed by atoms with Gasteiger partial charge in [0, 0.05) is 25.2 Å². The summed E-state index contributed by atoms with van der Waals surface area (Å²) in [4.78, 5) is 14.9. The van der Waals surface area contributed by atoms with Crippen molar-refractivity contribution in [1.82, 2.24) is 20.0 Å². The number of carbonyl (C=O) groups is 1. The van der Waals surface area contributed by atoms with E-state index in [2.05, 4.69) is 10.4 Å². The van der Waals surface area contributed by atoms with Crippen LogP contribution in [0.5, 0.6) is 0 Å². The molecule has 2 unspecified atom stereocenters. The molecular formula is C18H22N4O. The van der Waals surface area contributed by atoms with Gasteiger partial charge in [-0.2, -0.15) is 5.10 Å². The number of hydrogen-bond donors (Lipinski definition) is 1. The minimum atomic E-state index is 0.110. The maximum absolute atomic E-state index is 12.9. The van der Waals surface area contributed by atoms with E-state index < -0.39 is 0 Å². The highest BCUT2D eigenvalue weighted by Crippen LogP contribution is 2.23. The second-order valence-electron chi connectivity index (χ2n) is 6.57. The third-order valence-electron chi connectivity index (χ3n) is 5.05. The fraction of sp³-hybridized carbons (Fsp3) is 0.444. The summed E-state index contributed by atoms with van der Waals surface area (Å²) in [6, 6.07) is 11.0. The van der Waals surface area contributed by atoms with Gasteiger partial charge in [0.05, 0.1) is 23.1 Å². The summed E-state index contributed by atoms with van der Waals surface area (Å²) in [7, 11) is 0. The lowest BCUT2D eigenvalue weighted by Gasteiger charge is -2.24.